The number of nitrogens with zero attached hydrogens (tertiary/aromatic N) is 3. The van der Waals surface area contributed by atoms with Crippen molar-refractivity contribution in [2.75, 3.05) is 19.7 Å². The number of halogens is 1. The summed E-state index contributed by atoms with van der Waals surface area (Å²) in [7, 11) is 0. The van der Waals surface area contributed by atoms with Crippen LogP contribution in [0.3, 0.4) is 0 Å². The van der Waals surface area contributed by atoms with Gasteiger partial charge >= 0.3 is 0 Å². The minimum Gasteiger partial charge on any atom is -0.367 e. The zero-order valence-corrected chi connectivity index (χ0v) is 17.1. The highest BCUT2D eigenvalue weighted by atomic mass is 32.1. The van der Waals surface area contributed by atoms with Crippen LogP contribution >= 0.6 is 11.3 Å². The lowest BCUT2D eigenvalue weighted by Crippen LogP contribution is -2.45. The molecule has 1 amide bonds. The SMILES string of the molecule is N#C[C@H](Cc1ccc(-c2nc3ccccc3s2)cc1F)N1CCCO[C@H](C(N)=O)C1. The maximum absolute atomic E-state index is 14.9. The van der Waals surface area contributed by atoms with E-state index in [1.54, 1.807) is 6.07 Å². The average molecular weight is 425 g/mol. The monoisotopic (exact) mass is 424 g/mol. The zero-order chi connectivity index (χ0) is 21.1. The molecule has 4 rings (SSSR count). The Morgan fingerprint density at radius 2 is 2.23 bits per heavy atom. The van der Waals surface area contributed by atoms with Crippen LogP contribution in [0.25, 0.3) is 20.8 Å². The van der Waals surface area contributed by atoms with Crippen molar-refractivity contribution in [1.29, 1.82) is 5.26 Å². The van der Waals surface area contributed by atoms with Crippen LogP contribution in [0, 0.1) is 17.1 Å². The van der Waals surface area contributed by atoms with Crippen LogP contribution in [-0.2, 0) is 16.0 Å². The lowest BCUT2D eigenvalue weighted by atomic mass is 10.0. The highest BCUT2D eigenvalue weighted by Gasteiger charge is 2.28. The van der Waals surface area contributed by atoms with Gasteiger partial charge in [0.1, 0.15) is 23.0 Å². The molecule has 0 unspecified atom stereocenters. The highest BCUT2D eigenvalue weighted by molar-refractivity contribution is 7.21. The summed E-state index contributed by atoms with van der Waals surface area (Å²) >= 11 is 1.52. The Balaban J connectivity index is 1.53. The fourth-order valence-corrected chi connectivity index (χ4v) is 4.57. The van der Waals surface area contributed by atoms with Gasteiger partial charge in [-0.1, -0.05) is 24.3 Å². The molecular formula is C22H21FN4O2S. The second kappa shape index (κ2) is 8.88. The maximum Gasteiger partial charge on any atom is 0.247 e. The van der Waals surface area contributed by atoms with E-state index >= 15 is 0 Å². The van der Waals surface area contributed by atoms with Gasteiger partial charge in [-0.2, -0.15) is 5.26 Å². The first-order valence-corrected chi connectivity index (χ1v) is 10.6. The second-order valence-corrected chi connectivity index (χ2v) is 8.28. The van der Waals surface area contributed by atoms with Crippen LogP contribution in [0.5, 0.6) is 0 Å². The Kier molecular flexibility index (Phi) is 6.04. The van der Waals surface area contributed by atoms with Crippen molar-refractivity contribution >= 4 is 27.5 Å². The number of rotatable bonds is 5. The number of nitriles is 1. The zero-order valence-electron chi connectivity index (χ0n) is 16.3. The number of thiazole rings is 1. The van der Waals surface area contributed by atoms with Gasteiger partial charge in [-0.25, -0.2) is 9.37 Å². The van der Waals surface area contributed by atoms with Gasteiger partial charge in [-0.05, 0) is 30.2 Å². The average Bonchev–Trinajstić information content (AvgIpc) is 3.02. The summed E-state index contributed by atoms with van der Waals surface area (Å²) < 4.78 is 21.4. The first-order valence-electron chi connectivity index (χ1n) is 9.74. The summed E-state index contributed by atoms with van der Waals surface area (Å²) in [5.41, 5.74) is 7.43. The van der Waals surface area contributed by atoms with Crippen LogP contribution in [0.1, 0.15) is 12.0 Å². The molecule has 2 N–H and O–H groups in total. The third kappa shape index (κ3) is 4.33. The van der Waals surface area contributed by atoms with E-state index in [0.717, 1.165) is 15.2 Å². The molecule has 3 aromatic rings. The fraction of sp³-hybridized carbons (Fsp3) is 0.318. The summed E-state index contributed by atoms with van der Waals surface area (Å²) in [5, 5.41) is 10.4. The summed E-state index contributed by atoms with van der Waals surface area (Å²) in [6.07, 6.45) is 0.143. The van der Waals surface area contributed by atoms with Gasteiger partial charge in [0, 0.05) is 31.7 Å². The molecule has 1 fully saturated rings. The first-order chi connectivity index (χ1) is 14.5. The second-order valence-electron chi connectivity index (χ2n) is 7.25. The van der Waals surface area contributed by atoms with Crippen molar-refractivity contribution in [3.63, 3.8) is 0 Å². The molecule has 1 saturated heterocycles. The predicted octanol–water partition coefficient (Wildman–Crippen LogP) is 3.11. The topological polar surface area (TPSA) is 92.2 Å². The Bertz CT molecular complexity index is 1080. The standard InChI is InChI=1S/C22H21FN4O2S/c23-17-11-15(22-26-18-4-1-2-5-20(18)30-22)7-6-14(17)10-16(12-24)27-8-3-9-29-19(13-27)21(25)28/h1-2,4-7,11,16,19H,3,8-10,13H2,(H2,25,28)/t16-,19-/m0/s1. The van der Waals surface area contributed by atoms with Crippen molar-refractivity contribution in [3.05, 3.63) is 53.8 Å². The van der Waals surface area contributed by atoms with Gasteiger partial charge in [0.2, 0.25) is 5.91 Å². The van der Waals surface area contributed by atoms with Crippen molar-refractivity contribution in [2.24, 2.45) is 5.73 Å². The number of para-hydroxylation sites is 1. The summed E-state index contributed by atoms with van der Waals surface area (Å²) in [5.74, 6) is -0.922. The number of fused-ring (bicyclic) bond motifs is 1. The van der Waals surface area contributed by atoms with E-state index in [1.807, 2.05) is 35.2 Å². The van der Waals surface area contributed by atoms with Crippen molar-refractivity contribution in [3.8, 4) is 16.6 Å². The number of carbonyl (C=O) groups is 1. The lowest BCUT2D eigenvalue weighted by molar-refractivity contribution is -0.129. The molecule has 0 bridgehead atoms. The number of carbonyl (C=O) groups excluding carboxylic acids is 1. The van der Waals surface area contributed by atoms with Gasteiger partial charge in [-0.15, -0.1) is 11.3 Å². The van der Waals surface area contributed by atoms with E-state index in [9.17, 15) is 14.4 Å². The van der Waals surface area contributed by atoms with Crippen LogP contribution in [0.4, 0.5) is 4.39 Å². The third-order valence-corrected chi connectivity index (χ3v) is 6.31. The molecule has 1 aliphatic rings. The molecule has 1 aliphatic heterocycles. The molecule has 1 aromatic heterocycles. The van der Waals surface area contributed by atoms with Crippen molar-refractivity contribution < 1.29 is 13.9 Å². The normalized spacial score (nSPS) is 18.6. The molecule has 0 radical (unpaired) electrons. The minimum atomic E-state index is -0.755. The molecule has 154 valence electrons. The van der Waals surface area contributed by atoms with Gasteiger partial charge < -0.3 is 10.5 Å². The Morgan fingerprint density at radius 1 is 1.40 bits per heavy atom. The minimum absolute atomic E-state index is 0.216. The molecule has 2 atom stereocenters. The number of benzene rings is 2. The quantitative estimate of drug-likeness (QED) is 0.679. The molecule has 2 heterocycles. The number of hydrogen-bond donors (Lipinski definition) is 1. The molecule has 30 heavy (non-hydrogen) atoms. The van der Waals surface area contributed by atoms with Crippen LogP contribution in [0.2, 0.25) is 0 Å². The fourth-order valence-electron chi connectivity index (χ4n) is 3.61. The molecule has 0 saturated carbocycles. The molecule has 0 spiro atoms. The van der Waals surface area contributed by atoms with Gasteiger partial charge in [-0.3, -0.25) is 9.69 Å². The van der Waals surface area contributed by atoms with E-state index in [1.165, 1.54) is 17.4 Å². The van der Waals surface area contributed by atoms with E-state index in [4.69, 9.17) is 10.5 Å². The van der Waals surface area contributed by atoms with Crippen molar-refractivity contribution in [2.45, 2.75) is 25.0 Å². The molecule has 2 aromatic carbocycles. The molecular weight excluding hydrogens is 403 g/mol. The van der Waals surface area contributed by atoms with Crippen LogP contribution in [0.15, 0.2) is 42.5 Å². The molecule has 0 aliphatic carbocycles. The summed E-state index contributed by atoms with van der Waals surface area (Å²) in [6, 6.07) is 14.5. The number of hydrogen-bond acceptors (Lipinski definition) is 6. The number of amides is 1. The smallest absolute Gasteiger partial charge is 0.247 e. The number of primary amides is 1. The van der Waals surface area contributed by atoms with Crippen LogP contribution < -0.4 is 5.73 Å². The Labute approximate surface area is 177 Å². The molecule has 8 heteroatoms. The van der Waals surface area contributed by atoms with E-state index in [0.29, 0.717) is 30.7 Å². The van der Waals surface area contributed by atoms with Gasteiger partial charge in [0.05, 0.1) is 16.3 Å². The predicted molar refractivity (Wildman–Crippen MR) is 113 cm³/mol. The summed E-state index contributed by atoms with van der Waals surface area (Å²) in [4.78, 5) is 18.0. The largest absolute Gasteiger partial charge is 0.367 e. The first kappa shape index (κ1) is 20.4. The maximum atomic E-state index is 14.9. The van der Waals surface area contributed by atoms with Gasteiger partial charge in [0.25, 0.3) is 0 Å². The number of aromatic nitrogens is 1. The van der Waals surface area contributed by atoms with E-state index < -0.39 is 18.1 Å². The Hall–Kier alpha value is -2.86. The Morgan fingerprint density at radius 3 is 2.97 bits per heavy atom. The number of ether oxygens (including phenoxy) is 1. The van der Waals surface area contributed by atoms with E-state index in [-0.39, 0.29) is 18.8 Å². The highest BCUT2D eigenvalue weighted by Crippen LogP contribution is 2.31. The van der Waals surface area contributed by atoms with E-state index in [2.05, 4.69) is 11.1 Å². The third-order valence-electron chi connectivity index (χ3n) is 5.22. The van der Waals surface area contributed by atoms with Crippen molar-refractivity contribution in [1.82, 2.24) is 9.88 Å². The summed E-state index contributed by atoms with van der Waals surface area (Å²) in [6.45, 7) is 1.24. The van der Waals surface area contributed by atoms with Crippen LogP contribution in [-0.4, -0.2) is 47.6 Å². The number of nitrogens with two attached hydrogens (primary N) is 1. The lowest BCUT2D eigenvalue weighted by Gasteiger charge is -2.27. The molecule has 6 nitrogen and oxygen atoms in total. The van der Waals surface area contributed by atoms with Gasteiger partial charge in [0.15, 0.2) is 0 Å².